The van der Waals surface area contributed by atoms with Gasteiger partial charge >= 0.3 is 7.60 Å². The van der Waals surface area contributed by atoms with Crippen molar-refractivity contribution < 1.29 is 18.7 Å². The maximum atomic E-state index is 12.4. The molecule has 1 unspecified atom stereocenters. The van der Waals surface area contributed by atoms with Crippen molar-refractivity contribution in [1.29, 1.82) is 0 Å². The Kier molecular flexibility index (Phi) is 16.7. The van der Waals surface area contributed by atoms with Crippen LogP contribution in [-0.2, 0) is 20.4 Å². The number of rotatable bonds is 23. The van der Waals surface area contributed by atoms with Crippen LogP contribution in [0, 0.1) is 0 Å². The van der Waals surface area contributed by atoms with Gasteiger partial charge in [0.1, 0.15) is 18.2 Å². The molecule has 1 aliphatic carbocycles. The number of unbranched alkanes of at least 4 members (excludes halogenated alkanes) is 9. The molecule has 0 saturated heterocycles. The van der Waals surface area contributed by atoms with Crippen LogP contribution < -0.4 is 5.73 Å². The van der Waals surface area contributed by atoms with Gasteiger partial charge in [0.05, 0.1) is 25.6 Å². The molecule has 2 aromatic rings. The molecule has 3 N–H and O–H groups in total. The molecule has 0 aromatic carbocycles. The van der Waals surface area contributed by atoms with E-state index in [-0.39, 0.29) is 29.1 Å². The molecule has 9 nitrogen and oxygen atoms in total. The van der Waals surface area contributed by atoms with Gasteiger partial charge in [-0.05, 0) is 61.9 Å². The molecule has 3 rings (SSSR count). The van der Waals surface area contributed by atoms with E-state index in [4.69, 9.17) is 15.0 Å². The van der Waals surface area contributed by atoms with Crippen LogP contribution in [0.5, 0.6) is 0 Å². The standard InChI is InChI=1S/C31H58N5O4PS2/c1-27(23-36-25-35-29-30(32)33-24-34-31(29)36)39-26-41(37,38)40-19-21-42-20-15-10-8-6-4-5-7-9-11-16-22-43(2,3)28-17-13-12-14-18-28/h24-25,27-28H,4-23,26H2,1-3H3,(H,37,38)(H2,32,33,34)/t27-/m1/s1. The summed E-state index contributed by atoms with van der Waals surface area (Å²) in [6.45, 7) is 2.49. The molecule has 0 radical (unpaired) electrons. The predicted octanol–water partition coefficient (Wildman–Crippen LogP) is 8.00. The molecule has 2 aromatic heterocycles. The Bertz CT molecular complexity index is 1100. The van der Waals surface area contributed by atoms with Crippen LogP contribution >= 0.6 is 29.4 Å². The Labute approximate surface area is 266 Å². The van der Waals surface area contributed by atoms with Crippen LogP contribution in [0.25, 0.3) is 11.2 Å². The number of imidazole rings is 1. The zero-order chi connectivity index (χ0) is 31.0. The first kappa shape index (κ1) is 36.6. The van der Waals surface area contributed by atoms with Gasteiger partial charge < -0.3 is 24.5 Å². The molecular weight excluding hydrogens is 601 g/mol. The van der Waals surface area contributed by atoms with Crippen LogP contribution in [0.4, 0.5) is 5.82 Å². The van der Waals surface area contributed by atoms with E-state index < -0.39 is 7.60 Å². The zero-order valence-electron chi connectivity index (χ0n) is 27.0. The highest BCUT2D eigenvalue weighted by molar-refractivity contribution is 8.33. The van der Waals surface area contributed by atoms with Gasteiger partial charge in [0, 0.05) is 5.75 Å². The van der Waals surface area contributed by atoms with E-state index in [0.717, 1.165) is 11.0 Å². The molecule has 1 aliphatic rings. The average molecular weight is 660 g/mol. The van der Waals surface area contributed by atoms with Gasteiger partial charge in [-0.1, -0.05) is 70.6 Å². The Morgan fingerprint density at radius 2 is 1.65 bits per heavy atom. The van der Waals surface area contributed by atoms with E-state index in [1.807, 2.05) is 6.92 Å². The third-order valence-corrected chi connectivity index (χ3v) is 14.3. The molecule has 0 spiro atoms. The van der Waals surface area contributed by atoms with E-state index >= 15 is 0 Å². The first-order valence-corrected chi connectivity index (χ1v) is 22.0. The number of nitrogen functional groups attached to an aromatic ring is 1. The second kappa shape index (κ2) is 19.6. The summed E-state index contributed by atoms with van der Waals surface area (Å²) in [5, 5.41) is 1.05. The molecular formula is C31H58N5O4PS2. The summed E-state index contributed by atoms with van der Waals surface area (Å²) < 4.78 is 25.0. The Morgan fingerprint density at radius 1 is 1.00 bits per heavy atom. The fourth-order valence-electron chi connectivity index (χ4n) is 5.92. The zero-order valence-corrected chi connectivity index (χ0v) is 29.5. The second-order valence-electron chi connectivity index (χ2n) is 12.6. The van der Waals surface area contributed by atoms with Crippen LogP contribution in [0.2, 0.25) is 0 Å². The molecule has 248 valence electrons. The second-order valence-corrected chi connectivity index (χ2v) is 20.0. The maximum Gasteiger partial charge on any atom is 0.353 e. The highest BCUT2D eigenvalue weighted by Gasteiger charge is 2.25. The third kappa shape index (κ3) is 14.0. The lowest BCUT2D eigenvalue weighted by Crippen LogP contribution is -2.22. The molecule has 12 heteroatoms. The number of fused-ring (bicyclic) bond motifs is 1. The largest absolute Gasteiger partial charge is 0.382 e. The van der Waals surface area contributed by atoms with Crippen molar-refractivity contribution >= 4 is 46.4 Å². The SMILES string of the molecule is C[C@H](Cn1cnc2c(N)ncnc21)OCP(=O)(O)OCCSCCCCCCCCCCCCS(C)(C)C1CCCCC1. The van der Waals surface area contributed by atoms with E-state index in [0.29, 0.717) is 29.3 Å². The Balaban J connectivity index is 1.09. The number of hydrogen-bond donors (Lipinski definition) is 2. The summed E-state index contributed by atoms with van der Waals surface area (Å²) in [4.78, 5) is 22.5. The van der Waals surface area contributed by atoms with Crippen molar-refractivity contribution in [3.05, 3.63) is 12.7 Å². The lowest BCUT2D eigenvalue weighted by atomic mass is 10.0. The number of aromatic nitrogens is 4. The molecule has 2 atom stereocenters. The predicted molar refractivity (Wildman–Crippen MR) is 186 cm³/mol. The number of nitrogens with zero attached hydrogens (tertiary/aromatic N) is 4. The topological polar surface area (TPSA) is 125 Å². The van der Waals surface area contributed by atoms with Gasteiger partial charge in [0.15, 0.2) is 11.5 Å². The Hall–Kier alpha value is -0.840. The van der Waals surface area contributed by atoms with Crippen molar-refractivity contribution in [1.82, 2.24) is 19.5 Å². The fourth-order valence-corrected chi connectivity index (χ4v) is 10.6. The van der Waals surface area contributed by atoms with E-state index in [1.54, 1.807) is 22.7 Å². The minimum Gasteiger partial charge on any atom is -0.382 e. The first-order chi connectivity index (χ1) is 20.7. The third-order valence-electron chi connectivity index (χ3n) is 8.59. The minimum absolute atomic E-state index is 0.248. The smallest absolute Gasteiger partial charge is 0.353 e. The first-order valence-electron chi connectivity index (χ1n) is 16.4. The summed E-state index contributed by atoms with van der Waals surface area (Å²) >= 11 is 1.78. The summed E-state index contributed by atoms with van der Waals surface area (Å²) in [5.41, 5.74) is 6.96. The summed E-state index contributed by atoms with van der Waals surface area (Å²) in [5.74, 6) is 3.59. The highest BCUT2D eigenvalue weighted by atomic mass is 32.3. The lowest BCUT2D eigenvalue weighted by molar-refractivity contribution is 0.0724. The lowest BCUT2D eigenvalue weighted by Gasteiger charge is -2.42. The number of ether oxygens (including phenoxy) is 1. The minimum atomic E-state index is -3.80. The Morgan fingerprint density at radius 3 is 2.35 bits per heavy atom. The van der Waals surface area contributed by atoms with E-state index in [2.05, 4.69) is 27.5 Å². The maximum absolute atomic E-state index is 12.4. The van der Waals surface area contributed by atoms with Gasteiger partial charge in [-0.3, -0.25) is 4.57 Å². The van der Waals surface area contributed by atoms with Gasteiger partial charge in [-0.15, -0.1) is 0 Å². The number of thioether (sulfide) groups is 1. The summed E-state index contributed by atoms with van der Waals surface area (Å²) in [6.07, 6.45) is 28.5. The number of hydrogen-bond acceptors (Lipinski definition) is 8. The molecule has 0 amide bonds. The van der Waals surface area contributed by atoms with Crippen molar-refractivity contribution in [2.24, 2.45) is 0 Å². The van der Waals surface area contributed by atoms with Crippen molar-refractivity contribution in [2.45, 2.75) is 121 Å². The normalized spacial score (nSPS) is 17.3. The average Bonchev–Trinajstić information content (AvgIpc) is 3.40. The highest BCUT2D eigenvalue weighted by Crippen LogP contribution is 2.51. The van der Waals surface area contributed by atoms with Gasteiger partial charge in [0.2, 0.25) is 0 Å². The van der Waals surface area contributed by atoms with Crippen molar-refractivity contribution in [2.75, 3.05) is 48.5 Å². The van der Waals surface area contributed by atoms with Gasteiger partial charge in [-0.25, -0.2) is 25.0 Å². The monoisotopic (exact) mass is 659 g/mol. The van der Waals surface area contributed by atoms with Crippen LogP contribution in [0.3, 0.4) is 0 Å². The molecule has 0 bridgehead atoms. The summed E-state index contributed by atoms with van der Waals surface area (Å²) in [6, 6.07) is 0. The fraction of sp³-hybridized carbons (Fsp3) is 0.839. The molecule has 0 aliphatic heterocycles. The van der Waals surface area contributed by atoms with Crippen LogP contribution in [-0.4, -0.2) is 78.5 Å². The van der Waals surface area contributed by atoms with Gasteiger partial charge in [-0.2, -0.15) is 11.8 Å². The van der Waals surface area contributed by atoms with Crippen LogP contribution in [0.1, 0.15) is 103 Å². The molecule has 2 heterocycles. The van der Waals surface area contributed by atoms with Crippen LogP contribution in [0.15, 0.2) is 12.7 Å². The van der Waals surface area contributed by atoms with Gasteiger partial charge in [0.25, 0.3) is 0 Å². The van der Waals surface area contributed by atoms with E-state index in [9.17, 15) is 9.46 Å². The van der Waals surface area contributed by atoms with Crippen molar-refractivity contribution in [3.8, 4) is 0 Å². The number of anilines is 1. The molecule has 1 fully saturated rings. The number of nitrogens with two attached hydrogens (primary N) is 1. The van der Waals surface area contributed by atoms with E-state index in [1.165, 1.54) is 108 Å². The molecule has 43 heavy (non-hydrogen) atoms. The van der Waals surface area contributed by atoms with Crippen molar-refractivity contribution in [3.63, 3.8) is 0 Å². The summed E-state index contributed by atoms with van der Waals surface area (Å²) in [7, 11) is -4.17. The quantitative estimate of drug-likeness (QED) is 0.0901. The molecule has 1 saturated carbocycles.